The number of ether oxygens (including phenoxy) is 1. The van der Waals surface area contributed by atoms with E-state index in [0.29, 0.717) is 13.0 Å². The number of hydrogen-bond donors (Lipinski definition) is 3. The molecule has 10 heteroatoms. The Morgan fingerprint density at radius 3 is 2.81 bits per heavy atom. The van der Waals surface area contributed by atoms with Crippen molar-refractivity contribution in [1.29, 1.82) is 0 Å². The molecule has 1 saturated heterocycles. The van der Waals surface area contributed by atoms with E-state index in [-0.39, 0.29) is 28.4 Å². The molecule has 2 atom stereocenters. The van der Waals surface area contributed by atoms with E-state index in [4.69, 9.17) is 4.74 Å². The predicted molar refractivity (Wildman–Crippen MR) is 92.3 cm³/mol. The van der Waals surface area contributed by atoms with Crippen LogP contribution >= 0.6 is 0 Å². The van der Waals surface area contributed by atoms with Crippen LogP contribution in [-0.2, 0) is 29.0 Å². The molecule has 0 radical (unpaired) electrons. The number of sulfone groups is 1. The average molecular weight is 381 g/mol. The average Bonchev–Trinajstić information content (AvgIpc) is 3.01. The smallest absolute Gasteiger partial charge is 0.313 e. The maximum absolute atomic E-state index is 12.1. The van der Waals surface area contributed by atoms with E-state index in [1.807, 2.05) is 6.92 Å². The number of rotatable bonds is 3. The maximum atomic E-state index is 12.1. The van der Waals surface area contributed by atoms with E-state index < -0.39 is 33.3 Å². The summed E-state index contributed by atoms with van der Waals surface area (Å²) in [6.07, 6.45) is 1.24. The van der Waals surface area contributed by atoms with Gasteiger partial charge in [-0.25, -0.2) is 8.42 Å². The fourth-order valence-corrected chi connectivity index (χ4v) is 4.37. The second-order valence-corrected chi connectivity index (χ2v) is 8.12. The van der Waals surface area contributed by atoms with Gasteiger partial charge >= 0.3 is 11.8 Å². The van der Waals surface area contributed by atoms with Crippen molar-refractivity contribution in [3.8, 4) is 0 Å². The first kappa shape index (κ1) is 18.3. The van der Waals surface area contributed by atoms with E-state index in [1.165, 1.54) is 18.2 Å². The molecule has 2 aliphatic rings. The standard InChI is InChI=1S/C16H19N3O6S/c1-2-12-10(5-6-25-12)19-16(22)15(21)17-9-3-4-11-13(7-9)26(23,24)8-14(20)18-11/h3-4,7,10,12H,2,5-6,8H2,1H3,(H,17,21)(H,18,20)(H,19,22)/t10-,12+/m1/s1. The lowest BCUT2D eigenvalue weighted by Gasteiger charge is -2.19. The molecule has 0 bridgehead atoms. The second-order valence-electron chi connectivity index (χ2n) is 6.16. The Labute approximate surface area is 150 Å². The predicted octanol–water partition coefficient (Wildman–Crippen LogP) is 0.0346. The normalized spacial score (nSPS) is 23.7. The summed E-state index contributed by atoms with van der Waals surface area (Å²) in [5.74, 6) is -2.98. The number of benzene rings is 1. The molecule has 2 heterocycles. The lowest BCUT2D eigenvalue weighted by Crippen LogP contribution is -2.45. The van der Waals surface area contributed by atoms with Crippen molar-refractivity contribution in [2.75, 3.05) is 23.0 Å². The van der Waals surface area contributed by atoms with Gasteiger partial charge in [-0.3, -0.25) is 14.4 Å². The molecule has 2 aliphatic heterocycles. The van der Waals surface area contributed by atoms with Crippen molar-refractivity contribution in [2.45, 2.75) is 36.8 Å². The van der Waals surface area contributed by atoms with Crippen LogP contribution in [0.15, 0.2) is 23.1 Å². The number of carbonyl (C=O) groups excluding carboxylic acids is 3. The number of carbonyl (C=O) groups is 3. The molecule has 3 amide bonds. The van der Waals surface area contributed by atoms with Gasteiger partial charge in [-0.2, -0.15) is 0 Å². The first-order chi connectivity index (χ1) is 12.3. The van der Waals surface area contributed by atoms with Gasteiger partial charge in [-0.05, 0) is 31.0 Å². The van der Waals surface area contributed by atoms with E-state index in [2.05, 4.69) is 16.0 Å². The zero-order valence-electron chi connectivity index (χ0n) is 14.1. The van der Waals surface area contributed by atoms with Crippen LogP contribution in [0, 0.1) is 0 Å². The first-order valence-corrected chi connectivity index (χ1v) is 9.85. The van der Waals surface area contributed by atoms with E-state index >= 15 is 0 Å². The highest BCUT2D eigenvalue weighted by Crippen LogP contribution is 2.29. The summed E-state index contributed by atoms with van der Waals surface area (Å²) in [6.45, 7) is 2.46. The lowest BCUT2D eigenvalue weighted by molar-refractivity contribution is -0.136. The van der Waals surface area contributed by atoms with Crippen molar-refractivity contribution in [3.05, 3.63) is 18.2 Å². The van der Waals surface area contributed by atoms with Crippen LogP contribution in [0.4, 0.5) is 11.4 Å². The van der Waals surface area contributed by atoms with Crippen molar-refractivity contribution >= 4 is 38.9 Å². The Hall–Kier alpha value is -2.46. The quantitative estimate of drug-likeness (QED) is 0.634. The summed E-state index contributed by atoms with van der Waals surface area (Å²) in [5.41, 5.74) is 0.302. The molecule has 3 N–H and O–H groups in total. The molecule has 140 valence electrons. The van der Waals surface area contributed by atoms with Gasteiger partial charge in [0.1, 0.15) is 5.75 Å². The van der Waals surface area contributed by atoms with Crippen LogP contribution in [-0.4, -0.2) is 50.6 Å². The Balaban J connectivity index is 1.70. The third-order valence-electron chi connectivity index (χ3n) is 4.30. The van der Waals surface area contributed by atoms with Gasteiger partial charge in [0, 0.05) is 12.3 Å². The zero-order valence-corrected chi connectivity index (χ0v) is 14.9. The SMILES string of the molecule is CC[C@@H]1OCC[C@H]1NC(=O)C(=O)Nc1ccc2c(c1)S(=O)(=O)CC(=O)N2. The largest absolute Gasteiger partial charge is 0.376 e. The van der Waals surface area contributed by atoms with Crippen LogP contribution < -0.4 is 16.0 Å². The van der Waals surface area contributed by atoms with Crippen molar-refractivity contribution < 1.29 is 27.5 Å². The monoisotopic (exact) mass is 381 g/mol. The van der Waals surface area contributed by atoms with Gasteiger partial charge in [0.15, 0.2) is 9.84 Å². The molecule has 1 aromatic carbocycles. The molecule has 3 rings (SSSR count). The number of anilines is 2. The molecule has 0 aliphatic carbocycles. The molecule has 1 fully saturated rings. The highest BCUT2D eigenvalue weighted by atomic mass is 32.2. The third-order valence-corrected chi connectivity index (χ3v) is 5.95. The van der Waals surface area contributed by atoms with Crippen molar-refractivity contribution in [3.63, 3.8) is 0 Å². The van der Waals surface area contributed by atoms with Crippen LogP contribution in [0.25, 0.3) is 0 Å². The van der Waals surface area contributed by atoms with Gasteiger partial charge < -0.3 is 20.7 Å². The maximum Gasteiger partial charge on any atom is 0.313 e. The van der Waals surface area contributed by atoms with Gasteiger partial charge in [-0.15, -0.1) is 0 Å². The summed E-state index contributed by atoms with van der Waals surface area (Å²) in [6, 6.07) is 3.79. The first-order valence-electron chi connectivity index (χ1n) is 8.20. The Morgan fingerprint density at radius 1 is 1.31 bits per heavy atom. The molecule has 0 aromatic heterocycles. The lowest BCUT2D eigenvalue weighted by atomic mass is 10.1. The molecular weight excluding hydrogens is 362 g/mol. The van der Waals surface area contributed by atoms with Crippen molar-refractivity contribution in [2.24, 2.45) is 0 Å². The molecule has 0 spiro atoms. The highest BCUT2D eigenvalue weighted by Gasteiger charge is 2.31. The van der Waals surface area contributed by atoms with Crippen LogP contribution in [0.5, 0.6) is 0 Å². The molecule has 0 unspecified atom stereocenters. The molecule has 9 nitrogen and oxygen atoms in total. The van der Waals surface area contributed by atoms with Gasteiger partial charge in [0.25, 0.3) is 0 Å². The summed E-state index contributed by atoms with van der Waals surface area (Å²) in [7, 11) is -3.78. The summed E-state index contributed by atoms with van der Waals surface area (Å²) in [4.78, 5) is 35.5. The number of hydrogen-bond acceptors (Lipinski definition) is 6. The molecule has 26 heavy (non-hydrogen) atoms. The van der Waals surface area contributed by atoms with E-state index in [0.717, 1.165) is 6.42 Å². The van der Waals surface area contributed by atoms with Crippen LogP contribution in [0.2, 0.25) is 0 Å². The summed E-state index contributed by atoms with van der Waals surface area (Å²) >= 11 is 0. The Morgan fingerprint density at radius 2 is 2.08 bits per heavy atom. The van der Waals surface area contributed by atoms with Gasteiger partial charge in [-0.1, -0.05) is 6.92 Å². The number of fused-ring (bicyclic) bond motifs is 1. The molecular formula is C16H19N3O6S. The summed E-state index contributed by atoms with van der Waals surface area (Å²) < 4.78 is 29.6. The Bertz CT molecular complexity index is 867. The van der Waals surface area contributed by atoms with Gasteiger partial charge in [0.05, 0.1) is 22.7 Å². The fourth-order valence-electron chi connectivity index (χ4n) is 3.04. The highest BCUT2D eigenvalue weighted by molar-refractivity contribution is 7.92. The minimum Gasteiger partial charge on any atom is -0.376 e. The number of amides is 3. The minimum atomic E-state index is -3.78. The Kier molecular flexibility index (Phi) is 4.97. The number of nitrogens with one attached hydrogen (secondary N) is 3. The van der Waals surface area contributed by atoms with E-state index in [9.17, 15) is 22.8 Å². The minimum absolute atomic E-state index is 0.0921. The third kappa shape index (κ3) is 3.70. The zero-order chi connectivity index (χ0) is 18.9. The molecule has 1 aromatic rings. The molecule has 0 saturated carbocycles. The van der Waals surface area contributed by atoms with Crippen molar-refractivity contribution in [1.82, 2.24) is 5.32 Å². The fraction of sp³-hybridized carbons (Fsp3) is 0.438. The van der Waals surface area contributed by atoms with Crippen LogP contribution in [0.3, 0.4) is 0 Å². The topological polar surface area (TPSA) is 131 Å². The van der Waals surface area contributed by atoms with Crippen LogP contribution in [0.1, 0.15) is 19.8 Å². The van der Waals surface area contributed by atoms with E-state index in [1.54, 1.807) is 0 Å². The van der Waals surface area contributed by atoms with Gasteiger partial charge in [0.2, 0.25) is 5.91 Å². The second kappa shape index (κ2) is 7.04. The summed E-state index contributed by atoms with van der Waals surface area (Å²) in [5, 5.41) is 7.47.